The van der Waals surface area contributed by atoms with Crippen molar-refractivity contribution in [1.29, 1.82) is 0 Å². The van der Waals surface area contributed by atoms with E-state index in [-0.39, 0.29) is 35.4 Å². The molecule has 10 heteroatoms. The van der Waals surface area contributed by atoms with Gasteiger partial charge >= 0.3 is 5.97 Å². The number of nitrogens with zero attached hydrogens (tertiary/aromatic N) is 2. The molecule has 162 valence electrons. The van der Waals surface area contributed by atoms with Crippen molar-refractivity contribution in [2.24, 2.45) is 10.9 Å². The molecule has 0 fully saturated rings. The molecule has 9 nitrogen and oxygen atoms in total. The molecule has 2 aromatic rings. The number of carboxylic acid groups (broad SMARTS) is 1. The molecule has 31 heavy (non-hydrogen) atoms. The summed E-state index contributed by atoms with van der Waals surface area (Å²) in [6.45, 7) is 1.09. The lowest BCUT2D eigenvalue weighted by Gasteiger charge is -2.36. The van der Waals surface area contributed by atoms with Gasteiger partial charge in [-0.1, -0.05) is 12.1 Å². The second kappa shape index (κ2) is 7.22. The fourth-order valence-electron chi connectivity index (χ4n) is 3.94. The van der Waals surface area contributed by atoms with Crippen LogP contribution >= 0.6 is 0 Å². The molecule has 2 atom stereocenters. The van der Waals surface area contributed by atoms with E-state index in [1.54, 1.807) is 12.1 Å². The zero-order valence-corrected chi connectivity index (χ0v) is 16.8. The quantitative estimate of drug-likeness (QED) is 0.602. The molecule has 4 rings (SSSR count). The Balaban J connectivity index is 1.97. The maximum atomic E-state index is 13.3. The third-order valence-electron chi connectivity index (χ3n) is 5.59. The van der Waals surface area contributed by atoms with E-state index in [0.717, 1.165) is 10.1 Å². The average Bonchev–Trinajstić information content (AvgIpc) is 2.74. The third-order valence-corrected chi connectivity index (χ3v) is 5.59. The van der Waals surface area contributed by atoms with Gasteiger partial charge in [-0.3, -0.25) is 19.1 Å². The number of pyridine rings is 1. The Morgan fingerprint density at radius 2 is 2.03 bits per heavy atom. The molecule has 0 saturated heterocycles. The van der Waals surface area contributed by atoms with Crippen molar-refractivity contribution in [3.05, 3.63) is 62.3 Å². The number of hydrogen-bond acceptors (Lipinski definition) is 6. The first kappa shape index (κ1) is 20.6. The summed E-state index contributed by atoms with van der Waals surface area (Å²) < 4.78 is 20.3. The van der Waals surface area contributed by atoms with E-state index < -0.39 is 40.3 Å². The summed E-state index contributed by atoms with van der Waals surface area (Å²) in [6.07, 6.45) is 0.348. The van der Waals surface area contributed by atoms with Gasteiger partial charge in [0.15, 0.2) is 5.75 Å². The fraction of sp³-hybridized carbons (Fsp3) is 0.333. The van der Waals surface area contributed by atoms with Crippen LogP contribution in [-0.4, -0.2) is 45.9 Å². The van der Waals surface area contributed by atoms with Gasteiger partial charge in [0, 0.05) is 13.0 Å². The lowest BCUT2D eigenvalue weighted by atomic mass is 9.92. The normalized spacial score (nSPS) is 21.5. The predicted octanol–water partition coefficient (Wildman–Crippen LogP) is -0.474. The van der Waals surface area contributed by atoms with Crippen LogP contribution in [0.1, 0.15) is 22.8 Å². The first-order valence-electron chi connectivity index (χ1n) is 9.59. The number of rotatable bonds is 4. The van der Waals surface area contributed by atoms with Gasteiger partial charge in [-0.25, -0.2) is 9.18 Å². The summed E-state index contributed by atoms with van der Waals surface area (Å²) in [5, 5.41) is 22.9. The van der Waals surface area contributed by atoms with E-state index in [2.05, 4.69) is 10.3 Å². The minimum absolute atomic E-state index is 0.0102. The summed E-state index contributed by atoms with van der Waals surface area (Å²) in [5.41, 5.74) is -2.33. The number of aromatic nitrogens is 1. The smallest absolute Gasteiger partial charge is 0.349 e. The number of carboxylic acids is 1. The molecule has 3 N–H and O–H groups in total. The fourth-order valence-corrected chi connectivity index (χ4v) is 3.94. The number of aromatic hydroxyl groups is 1. The highest BCUT2D eigenvalue weighted by Crippen LogP contribution is 2.29. The van der Waals surface area contributed by atoms with Gasteiger partial charge in [-0.15, -0.1) is 0 Å². The largest absolute Gasteiger partial charge is 0.505 e. The summed E-state index contributed by atoms with van der Waals surface area (Å²) >= 11 is 0. The van der Waals surface area contributed by atoms with Crippen LogP contribution in [-0.2, 0) is 22.5 Å². The molecule has 2 aliphatic heterocycles. The number of nitrogens with one attached hydrogen (secondary N) is 1. The van der Waals surface area contributed by atoms with Crippen molar-refractivity contribution in [2.75, 3.05) is 13.6 Å². The second-order valence-corrected chi connectivity index (χ2v) is 7.76. The van der Waals surface area contributed by atoms with E-state index in [4.69, 9.17) is 4.74 Å². The Hall–Kier alpha value is -3.69. The van der Waals surface area contributed by atoms with Crippen LogP contribution in [0.5, 0.6) is 5.75 Å². The summed E-state index contributed by atoms with van der Waals surface area (Å²) in [7, 11) is 1.31. The predicted molar refractivity (Wildman–Crippen MR) is 106 cm³/mol. The average molecular weight is 429 g/mol. The van der Waals surface area contributed by atoms with Gasteiger partial charge < -0.3 is 20.3 Å². The highest BCUT2D eigenvalue weighted by molar-refractivity contribution is 5.96. The Bertz CT molecular complexity index is 1280. The molecule has 3 heterocycles. The molecule has 1 aromatic carbocycles. The molecule has 0 saturated carbocycles. The first-order valence-corrected chi connectivity index (χ1v) is 9.59. The number of benzene rings is 1. The Kier molecular flexibility index (Phi) is 4.79. The number of ether oxygens (including phenoxy) is 1. The standard InChI is InChI=1S/C21H20FN3O6/c1-21(20(29)30)9-25-15-14(16(26)13(19(25)28)18(27)23-2)24-8-11(17(15)31-21)7-10-3-5-12(22)6-4-10/h3-6,11,26H,7-9H2,1-2H3,(H,23,27)(H,29,30)/t11?,21-/m1/s1. The maximum Gasteiger partial charge on any atom is 0.349 e. The number of carbonyl (C=O) groups is 2. The molecule has 0 radical (unpaired) electrons. The van der Waals surface area contributed by atoms with Crippen molar-refractivity contribution in [1.82, 2.24) is 9.88 Å². The molecule has 2 aliphatic rings. The minimum Gasteiger partial charge on any atom is -0.505 e. The van der Waals surface area contributed by atoms with E-state index in [9.17, 15) is 29.0 Å². The zero-order valence-electron chi connectivity index (χ0n) is 16.8. The third kappa shape index (κ3) is 3.24. The number of hydrogen-bond donors (Lipinski definition) is 3. The monoisotopic (exact) mass is 429 g/mol. The summed E-state index contributed by atoms with van der Waals surface area (Å²) in [6, 6.07) is 5.83. The van der Waals surface area contributed by atoms with Crippen molar-refractivity contribution in [2.45, 2.75) is 25.5 Å². The maximum absolute atomic E-state index is 13.3. The molecule has 1 amide bonds. The van der Waals surface area contributed by atoms with E-state index in [1.807, 2.05) is 0 Å². The van der Waals surface area contributed by atoms with Crippen LogP contribution in [0.2, 0.25) is 0 Å². The van der Waals surface area contributed by atoms with Gasteiger partial charge in [-0.05, 0) is 31.0 Å². The number of aliphatic carboxylic acids is 1. The molecular formula is C21H20FN3O6. The molecular weight excluding hydrogens is 409 g/mol. The van der Waals surface area contributed by atoms with Crippen molar-refractivity contribution in [3.8, 4) is 5.75 Å². The van der Waals surface area contributed by atoms with Gasteiger partial charge in [0.25, 0.3) is 11.5 Å². The van der Waals surface area contributed by atoms with Crippen molar-refractivity contribution in [3.63, 3.8) is 0 Å². The van der Waals surface area contributed by atoms with Gasteiger partial charge in [0.1, 0.15) is 27.8 Å². The van der Waals surface area contributed by atoms with Crippen LogP contribution in [0.4, 0.5) is 4.39 Å². The second-order valence-electron chi connectivity index (χ2n) is 7.76. The molecule has 1 unspecified atom stereocenters. The van der Waals surface area contributed by atoms with Crippen LogP contribution < -0.4 is 21.6 Å². The van der Waals surface area contributed by atoms with Crippen molar-refractivity contribution >= 4 is 17.6 Å². The topological polar surface area (TPSA) is 130 Å². The minimum atomic E-state index is -1.77. The highest BCUT2D eigenvalue weighted by Gasteiger charge is 2.44. The summed E-state index contributed by atoms with van der Waals surface area (Å²) in [4.78, 5) is 41.6. The van der Waals surface area contributed by atoms with E-state index in [1.165, 1.54) is 26.1 Å². The van der Waals surface area contributed by atoms with E-state index in [0.29, 0.717) is 6.42 Å². The van der Waals surface area contributed by atoms with Crippen LogP contribution in [0, 0.1) is 11.7 Å². The Morgan fingerprint density at radius 3 is 2.65 bits per heavy atom. The van der Waals surface area contributed by atoms with Crippen LogP contribution in [0.25, 0.3) is 5.76 Å². The molecule has 0 spiro atoms. The molecule has 0 bridgehead atoms. The Labute approximate surface area is 175 Å². The lowest BCUT2D eigenvalue weighted by molar-refractivity contribution is -0.159. The zero-order chi connectivity index (χ0) is 22.5. The van der Waals surface area contributed by atoms with Crippen LogP contribution in [0.15, 0.2) is 34.1 Å². The first-order chi connectivity index (χ1) is 14.7. The number of carbonyl (C=O) groups excluding carboxylic acids is 1. The Morgan fingerprint density at radius 1 is 1.35 bits per heavy atom. The lowest BCUT2D eigenvalue weighted by Crippen LogP contribution is -2.60. The van der Waals surface area contributed by atoms with Gasteiger partial charge in [0.05, 0.1) is 13.1 Å². The van der Waals surface area contributed by atoms with E-state index >= 15 is 0 Å². The SMILES string of the molecule is CNC(=O)c1c(O)c2c3n(c1=O)C[C@](C)(C(=O)O)OC=3C(Cc1ccc(F)cc1)CN=2. The number of amides is 1. The van der Waals surface area contributed by atoms with Crippen molar-refractivity contribution < 1.29 is 28.9 Å². The number of halogens is 1. The highest BCUT2D eigenvalue weighted by atomic mass is 19.1. The van der Waals surface area contributed by atoms with Crippen LogP contribution in [0.3, 0.4) is 0 Å². The molecule has 1 aromatic heterocycles. The van der Waals surface area contributed by atoms with Gasteiger partial charge in [0.2, 0.25) is 5.60 Å². The van der Waals surface area contributed by atoms with Gasteiger partial charge in [-0.2, -0.15) is 0 Å². The summed E-state index contributed by atoms with van der Waals surface area (Å²) in [5.74, 6) is -3.30. The molecule has 0 aliphatic carbocycles.